The number of hydrazone groups is 2. The molecule has 13 heteroatoms. The molecule has 250 valence electrons. The lowest BCUT2D eigenvalue weighted by molar-refractivity contribution is 0.0920. The smallest absolute Gasteiger partial charge is 0.488 e. The lowest BCUT2D eigenvalue weighted by atomic mass is 9.79. The van der Waals surface area contributed by atoms with Gasteiger partial charge in [0.1, 0.15) is 17.9 Å². The fourth-order valence-electron chi connectivity index (χ4n) is 4.70. The number of benzene rings is 4. The summed E-state index contributed by atoms with van der Waals surface area (Å²) in [5.74, 6) is 4.84. The molecule has 2 aromatic heterocycles. The number of nitrogens with one attached hydrogen (secondary N) is 2. The van der Waals surface area contributed by atoms with E-state index in [1.165, 1.54) is 36.7 Å². The SMILES string of the molecule is O=C(N/N=C/c1cc(/C=N/NC(=O)c2cc(=O)c3ccc(OCc4ccccc4)cc3o2)cc(B(O)O)c1)c1ccc(C#Cc2ccccc2)o1. The van der Waals surface area contributed by atoms with Gasteiger partial charge in [-0.25, -0.2) is 10.9 Å². The Labute approximate surface area is 290 Å². The van der Waals surface area contributed by atoms with Crippen molar-refractivity contribution in [1.29, 1.82) is 0 Å². The standard InChI is InChI=1S/C38H27BN4O8/c44-33-21-36(51-35-20-31(13-15-32(33)35)49-24-26-9-5-2-6-10-26)38(46)43-41-23-28-17-27(18-29(19-28)39(47)48)22-40-42-37(45)34-16-14-30(50-34)12-11-25-7-3-1-4-8-25/h1-10,13-23,47-48H,24H2,(H,42,45)(H,43,46)/b40-22+,41-23+. The Morgan fingerprint density at radius 2 is 1.41 bits per heavy atom. The van der Waals surface area contributed by atoms with Gasteiger partial charge in [-0.05, 0) is 70.5 Å². The first-order chi connectivity index (χ1) is 24.8. The summed E-state index contributed by atoms with van der Waals surface area (Å²) in [5, 5.41) is 27.7. The molecular formula is C38H27BN4O8. The monoisotopic (exact) mass is 678 g/mol. The molecule has 0 aliphatic carbocycles. The normalized spacial score (nSPS) is 10.9. The molecule has 51 heavy (non-hydrogen) atoms. The van der Waals surface area contributed by atoms with Gasteiger partial charge in [0.2, 0.25) is 0 Å². The van der Waals surface area contributed by atoms with Gasteiger partial charge in [-0.3, -0.25) is 14.4 Å². The molecule has 0 unspecified atom stereocenters. The first-order valence-electron chi connectivity index (χ1n) is 15.4. The van der Waals surface area contributed by atoms with Crippen molar-refractivity contribution in [1.82, 2.24) is 10.9 Å². The minimum Gasteiger partial charge on any atom is -0.489 e. The predicted molar refractivity (Wildman–Crippen MR) is 191 cm³/mol. The minimum atomic E-state index is -1.83. The van der Waals surface area contributed by atoms with Crippen LogP contribution in [-0.4, -0.2) is 41.4 Å². The van der Waals surface area contributed by atoms with Crippen LogP contribution < -0.4 is 26.5 Å². The molecule has 0 atom stereocenters. The number of carbonyl (C=O) groups excluding carboxylic acids is 2. The topological polar surface area (TPSA) is 176 Å². The third-order valence-electron chi connectivity index (χ3n) is 7.16. The van der Waals surface area contributed by atoms with E-state index in [2.05, 4.69) is 32.9 Å². The molecule has 2 amide bonds. The molecule has 0 saturated carbocycles. The summed E-state index contributed by atoms with van der Waals surface area (Å²) in [5.41, 5.74) is 6.94. The Morgan fingerprint density at radius 3 is 2.10 bits per heavy atom. The number of fused-ring (bicyclic) bond motifs is 1. The Kier molecular flexibility index (Phi) is 10.6. The quantitative estimate of drug-likeness (QED) is 0.0736. The van der Waals surface area contributed by atoms with E-state index in [0.29, 0.717) is 29.2 Å². The van der Waals surface area contributed by atoms with Gasteiger partial charge < -0.3 is 23.6 Å². The molecular weight excluding hydrogens is 651 g/mol. The second-order valence-corrected chi connectivity index (χ2v) is 10.9. The van der Waals surface area contributed by atoms with E-state index in [0.717, 1.165) is 17.2 Å². The fourth-order valence-corrected chi connectivity index (χ4v) is 4.70. The van der Waals surface area contributed by atoms with Crippen LogP contribution >= 0.6 is 0 Å². The van der Waals surface area contributed by atoms with Crippen molar-refractivity contribution < 1.29 is 33.2 Å². The summed E-state index contributed by atoms with van der Waals surface area (Å²) in [6.07, 6.45) is 2.52. The molecule has 2 heterocycles. The Morgan fingerprint density at radius 1 is 0.745 bits per heavy atom. The predicted octanol–water partition coefficient (Wildman–Crippen LogP) is 3.57. The molecule has 0 saturated heterocycles. The number of ether oxygens (including phenoxy) is 1. The van der Waals surface area contributed by atoms with E-state index < -0.39 is 24.4 Å². The van der Waals surface area contributed by atoms with Gasteiger partial charge in [-0.15, -0.1) is 0 Å². The van der Waals surface area contributed by atoms with Crippen LogP contribution in [0.15, 0.2) is 139 Å². The number of hydrogen-bond acceptors (Lipinski definition) is 10. The molecule has 4 N–H and O–H groups in total. The molecule has 0 fully saturated rings. The van der Waals surface area contributed by atoms with Crippen LogP contribution in [0.1, 0.15) is 49.1 Å². The highest BCUT2D eigenvalue weighted by Gasteiger charge is 2.15. The molecule has 6 aromatic rings. The number of rotatable bonds is 10. The zero-order valence-electron chi connectivity index (χ0n) is 26.6. The first kappa shape index (κ1) is 33.9. The average Bonchev–Trinajstić information content (AvgIpc) is 3.63. The van der Waals surface area contributed by atoms with Gasteiger partial charge in [-0.2, -0.15) is 10.2 Å². The zero-order valence-corrected chi connectivity index (χ0v) is 26.6. The van der Waals surface area contributed by atoms with Crippen molar-refractivity contribution in [3.8, 4) is 17.6 Å². The summed E-state index contributed by atoms with van der Waals surface area (Å²) in [4.78, 5) is 38.1. The molecule has 0 bridgehead atoms. The highest BCUT2D eigenvalue weighted by Crippen LogP contribution is 2.21. The van der Waals surface area contributed by atoms with Crippen molar-refractivity contribution in [2.45, 2.75) is 6.61 Å². The molecule has 0 aliphatic heterocycles. The Balaban J connectivity index is 1.09. The number of hydrogen-bond donors (Lipinski definition) is 4. The van der Waals surface area contributed by atoms with Crippen molar-refractivity contribution in [2.75, 3.05) is 0 Å². The van der Waals surface area contributed by atoms with Crippen LogP contribution in [0.3, 0.4) is 0 Å². The van der Waals surface area contributed by atoms with Gasteiger partial charge in [-0.1, -0.05) is 66.6 Å². The maximum Gasteiger partial charge on any atom is 0.488 e. The lowest BCUT2D eigenvalue weighted by Crippen LogP contribution is -2.30. The Hall–Kier alpha value is -7.01. The molecule has 0 aliphatic rings. The summed E-state index contributed by atoms with van der Waals surface area (Å²) in [7, 11) is -1.83. The summed E-state index contributed by atoms with van der Waals surface area (Å²) in [6.45, 7) is 0.305. The number of amides is 2. The van der Waals surface area contributed by atoms with Crippen molar-refractivity contribution in [3.05, 3.63) is 165 Å². The van der Waals surface area contributed by atoms with Crippen LogP contribution in [0, 0.1) is 11.8 Å². The average molecular weight is 678 g/mol. The highest BCUT2D eigenvalue weighted by molar-refractivity contribution is 6.58. The van der Waals surface area contributed by atoms with Crippen molar-refractivity contribution in [3.63, 3.8) is 0 Å². The Bertz CT molecular complexity index is 2380. The van der Waals surface area contributed by atoms with Gasteiger partial charge in [0.25, 0.3) is 0 Å². The van der Waals surface area contributed by atoms with E-state index >= 15 is 0 Å². The van der Waals surface area contributed by atoms with Crippen LogP contribution in [0.4, 0.5) is 0 Å². The van der Waals surface area contributed by atoms with E-state index in [1.807, 2.05) is 60.7 Å². The van der Waals surface area contributed by atoms with Gasteiger partial charge in [0, 0.05) is 17.7 Å². The maximum absolute atomic E-state index is 12.8. The van der Waals surface area contributed by atoms with Gasteiger partial charge in [0.15, 0.2) is 22.7 Å². The molecule has 4 aromatic carbocycles. The number of carbonyl (C=O) groups is 2. The van der Waals surface area contributed by atoms with Crippen LogP contribution in [-0.2, 0) is 6.61 Å². The maximum atomic E-state index is 12.8. The second kappa shape index (κ2) is 15.9. The van der Waals surface area contributed by atoms with Crippen LogP contribution in [0.5, 0.6) is 5.75 Å². The summed E-state index contributed by atoms with van der Waals surface area (Å²) in [6, 6.07) is 32.1. The fraction of sp³-hybridized carbons (Fsp3) is 0.0263. The molecule has 0 radical (unpaired) electrons. The van der Waals surface area contributed by atoms with Crippen LogP contribution in [0.25, 0.3) is 11.0 Å². The second-order valence-electron chi connectivity index (χ2n) is 10.9. The van der Waals surface area contributed by atoms with Gasteiger partial charge >= 0.3 is 18.9 Å². The minimum absolute atomic E-state index is 0.00770. The van der Waals surface area contributed by atoms with E-state index in [1.54, 1.807) is 24.3 Å². The first-order valence-corrected chi connectivity index (χ1v) is 15.4. The molecule has 0 spiro atoms. The number of nitrogens with zero attached hydrogens (tertiary/aromatic N) is 2. The van der Waals surface area contributed by atoms with Crippen molar-refractivity contribution in [2.24, 2.45) is 10.2 Å². The van der Waals surface area contributed by atoms with E-state index in [4.69, 9.17) is 13.6 Å². The highest BCUT2D eigenvalue weighted by atomic mass is 16.5. The summed E-state index contributed by atoms with van der Waals surface area (Å²) >= 11 is 0. The van der Waals surface area contributed by atoms with E-state index in [-0.39, 0.29) is 28.0 Å². The van der Waals surface area contributed by atoms with Crippen molar-refractivity contribution >= 4 is 47.8 Å². The zero-order chi connectivity index (χ0) is 35.6. The molecule has 6 rings (SSSR count). The lowest BCUT2D eigenvalue weighted by Gasteiger charge is -2.07. The molecule has 12 nitrogen and oxygen atoms in total. The number of furan rings is 1. The van der Waals surface area contributed by atoms with Crippen LogP contribution in [0.2, 0.25) is 0 Å². The largest absolute Gasteiger partial charge is 0.489 e. The third-order valence-corrected chi connectivity index (χ3v) is 7.16. The van der Waals surface area contributed by atoms with E-state index in [9.17, 15) is 24.4 Å². The third kappa shape index (κ3) is 9.12. The summed E-state index contributed by atoms with van der Waals surface area (Å²) < 4.78 is 17.0. The van der Waals surface area contributed by atoms with Gasteiger partial charge in [0.05, 0.1) is 17.8 Å².